The maximum Gasteiger partial charge on any atom is 0.416 e. The van der Waals surface area contributed by atoms with Gasteiger partial charge < -0.3 is 14.5 Å². The van der Waals surface area contributed by atoms with Crippen molar-refractivity contribution in [2.75, 3.05) is 6.61 Å². The van der Waals surface area contributed by atoms with Crippen LogP contribution in [-0.2, 0) is 35.2 Å². The van der Waals surface area contributed by atoms with Gasteiger partial charge in [-0.05, 0) is 67.1 Å². The number of aromatic amines is 1. The number of nitrogens with one attached hydrogen (secondary N) is 1. The van der Waals surface area contributed by atoms with E-state index in [9.17, 15) is 18.0 Å². The van der Waals surface area contributed by atoms with Gasteiger partial charge in [-0.25, -0.2) is 0 Å². The molecule has 33 heavy (non-hydrogen) atoms. The maximum atomic E-state index is 13.5. The smallest absolute Gasteiger partial charge is 0.416 e. The van der Waals surface area contributed by atoms with Crippen LogP contribution < -0.4 is 4.74 Å². The molecule has 0 spiro atoms. The van der Waals surface area contributed by atoms with Crippen molar-refractivity contribution >= 4 is 16.9 Å². The van der Waals surface area contributed by atoms with Gasteiger partial charge in [-0.15, -0.1) is 0 Å². The summed E-state index contributed by atoms with van der Waals surface area (Å²) in [6.07, 6.45) is -1.25. The summed E-state index contributed by atoms with van der Waals surface area (Å²) in [4.78, 5) is 15.3. The number of carbonyl (C=O) groups is 1. The average molecular weight is 460 g/mol. The average Bonchev–Trinajstić information content (AvgIpc) is 3.32. The number of esters is 1. The molecule has 4 nitrogen and oxygen atoms in total. The van der Waals surface area contributed by atoms with Crippen LogP contribution in [0.2, 0.25) is 0 Å². The molecule has 0 bridgehead atoms. The Morgan fingerprint density at radius 1 is 1.15 bits per heavy atom. The standard InChI is InChI=1S/C26H28F3NO3/c1-3-5-17-7-6-16(12-22(17)26(27,28)29)15-33-19-9-11-23-21(14-19)20-10-8-18(25(20)30-23)13-24(31)32-4-2/h6-7,9,11-12,14,18,30H,3-5,8,10,13,15H2,1-2H3. The van der Waals surface area contributed by atoms with E-state index in [4.69, 9.17) is 9.47 Å². The number of alkyl halides is 3. The highest BCUT2D eigenvalue weighted by molar-refractivity contribution is 5.87. The largest absolute Gasteiger partial charge is 0.489 e. The molecular weight excluding hydrogens is 431 g/mol. The molecule has 7 heteroatoms. The van der Waals surface area contributed by atoms with Crippen LogP contribution in [0.4, 0.5) is 13.2 Å². The second kappa shape index (κ2) is 9.49. The summed E-state index contributed by atoms with van der Waals surface area (Å²) in [5.74, 6) is 0.517. The minimum absolute atomic E-state index is 0.0547. The molecule has 0 saturated carbocycles. The highest BCUT2D eigenvalue weighted by Crippen LogP contribution is 2.40. The van der Waals surface area contributed by atoms with Gasteiger partial charge in [0.05, 0.1) is 18.6 Å². The van der Waals surface area contributed by atoms with E-state index < -0.39 is 11.7 Å². The molecule has 1 heterocycles. The van der Waals surface area contributed by atoms with E-state index in [0.29, 0.717) is 42.7 Å². The van der Waals surface area contributed by atoms with Crippen LogP contribution in [0.1, 0.15) is 67.0 Å². The van der Waals surface area contributed by atoms with E-state index >= 15 is 0 Å². The summed E-state index contributed by atoms with van der Waals surface area (Å²) in [6.45, 7) is 4.09. The summed E-state index contributed by atoms with van der Waals surface area (Å²) < 4.78 is 51.3. The Bertz CT molecular complexity index is 1150. The molecule has 0 saturated heterocycles. The molecule has 0 radical (unpaired) electrons. The van der Waals surface area contributed by atoms with Gasteiger partial charge in [0, 0.05) is 22.5 Å². The zero-order valence-corrected chi connectivity index (χ0v) is 18.8. The van der Waals surface area contributed by atoms with Crippen molar-refractivity contribution in [3.05, 3.63) is 64.3 Å². The molecule has 1 aliphatic carbocycles. The summed E-state index contributed by atoms with van der Waals surface area (Å²) in [7, 11) is 0. The number of H-pyrrole nitrogens is 1. The summed E-state index contributed by atoms with van der Waals surface area (Å²) in [5, 5.41) is 1.03. The van der Waals surface area contributed by atoms with Crippen LogP contribution in [0.5, 0.6) is 5.75 Å². The Morgan fingerprint density at radius 2 is 1.97 bits per heavy atom. The molecular formula is C26H28F3NO3. The fourth-order valence-electron chi connectivity index (χ4n) is 4.67. The molecule has 0 fully saturated rings. The number of hydrogen-bond donors (Lipinski definition) is 1. The monoisotopic (exact) mass is 459 g/mol. The molecule has 4 rings (SSSR count). The molecule has 176 valence electrons. The van der Waals surface area contributed by atoms with Crippen molar-refractivity contribution in [3.63, 3.8) is 0 Å². The number of hydrogen-bond acceptors (Lipinski definition) is 3. The normalized spacial score (nSPS) is 15.6. The SMILES string of the molecule is CCCc1ccc(COc2ccc3[nH]c4c(c3c2)CCC4CC(=O)OCC)cc1C(F)(F)F. The predicted molar refractivity (Wildman–Crippen MR) is 120 cm³/mol. The van der Waals surface area contributed by atoms with Gasteiger partial charge in [-0.3, -0.25) is 4.79 Å². The second-order valence-electron chi connectivity index (χ2n) is 8.50. The molecule has 0 amide bonds. The van der Waals surface area contributed by atoms with E-state index in [-0.39, 0.29) is 18.5 Å². The van der Waals surface area contributed by atoms with Gasteiger partial charge in [0.1, 0.15) is 12.4 Å². The molecule has 1 unspecified atom stereocenters. The molecule has 0 aliphatic heterocycles. The van der Waals surface area contributed by atoms with Crippen molar-refractivity contribution in [2.45, 2.75) is 64.7 Å². The first kappa shape index (κ1) is 23.2. The predicted octanol–water partition coefficient (Wildman–Crippen LogP) is 6.70. The van der Waals surface area contributed by atoms with Crippen LogP contribution in [0, 0.1) is 0 Å². The van der Waals surface area contributed by atoms with E-state index in [2.05, 4.69) is 4.98 Å². The summed E-state index contributed by atoms with van der Waals surface area (Å²) in [5.41, 5.74) is 3.41. The van der Waals surface area contributed by atoms with E-state index in [1.54, 1.807) is 19.1 Å². The van der Waals surface area contributed by atoms with Gasteiger partial charge in [-0.2, -0.15) is 13.2 Å². The van der Waals surface area contributed by atoms with Crippen molar-refractivity contribution in [3.8, 4) is 5.75 Å². The highest BCUT2D eigenvalue weighted by Gasteiger charge is 2.33. The van der Waals surface area contributed by atoms with Gasteiger partial charge in [-0.1, -0.05) is 25.5 Å². The van der Waals surface area contributed by atoms with Gasteiger partial charge in [0.25, 0.3) is 0 Å². The van der Waals surface area contributed by atoms with Gasteiger partial charge >= 0.3 is 12.1 Å². The Hall–Kier alpha value is -2.96. The van der Waals surface area contributed by atoms with E-state index in [0.717, 1.165) is 29.4 Å². The van der Waals surface area contributed by atoms with Crippen LogP contribution >= 0.6 is 0 Å². The van der Waals surface area contributed by atoms with E-state index in [1.807, 2.05) is 25.1 Å². The topological polar surface area (TPSA) is 51.3 Å². The lowest BCUT2D eigenvalue weighted by Crippen LogP contribution is -2.10. The minimum atomic E-state index is -4.38. The second-order valence-corrected chi connectivity index (χ2v) is 8.50. The lowest BCUT2D eigenvalue weighted by atomic mass is 10.00. The molecule has 1 aromatic heterocycles. The number of fused-ring (bicyclic) bond motifs is 3. The highest BCUT2D eigenvalue weighted by atomic mass is 19.4. The Morgan fingerprint density at radius 3 is 2.70 bits per heavy atom. The van der Waals surface area contributed by atoms with Crippen LogP contribution in [0.3, 0.4) is 0 Å². The van der Waals surface area contributed by atoms with E-state index in [1.165, 1.54) is 11.6 Å². The minimum Gasteiger partial charge on any atom is -0.489 e. The van der Waals surface area contributed by atoms with Crippen LogP contribution in [0.15, 0.2) is 36.4 Å². The zero-order valence-electron chi connectivity index (χ0n) is 18.8. The number of carbonyl (C=O) groups excluding carboxylic acids is 1. The number of halogens is 3. The number of benzene rings is 2. The first-order chi connectivity index (χ1) is 15.8. The third-order valence-corrected chi connectivity index (χ3v) is 6.18. The van der Waals surface area contributed by atoms with Crippen molar-refractivity contribution in [1.29, 1.82) is 0 Å². The number of rotatable bonds is 8. The van der Waals surface area contributed by atoms with Crippen LogP contribution in [0.25, 0.3) is 10.9 Å². The fraction of sp³-hybridized carbons (Fsp3) is 0.423. The third-order valence-electron chi connectivity index (χ3n) is 6.18. The summed E-state index contributed by atoms with van der Waals surface area (Å²) in [6, 6.07) is 10.1. The van der Waals surface area contributed by atoms with Gasteiger partial charge in [0.2, 0.25) is 0 Å². The molecule has 1 aliphatic rings. The number of aryl methyl sites for hydroxylation is 2. The maximum absolute atomic E-state index is 13.5. The lowest BCUT2D eigenvalue weighted by molar-refractivity contribution is -0.143. The van der Waals surface area contributed by atoms with Crippen LogP contribution in [-0.4, -0.2) is 17.6 Å². The quantitative estimate of drug-likeness (QED) is 0.381. The Kier molecular flexibility index (Phi) is 6.68. The fourth-order valence-corrected chi connectivity index (χ4v) is 4.67. The van der Waals surface area contributed by atoms with Crippen molar-refractivity contribution in [1.82, 2.24) is 4.98 Å². The molecule has 1 atom stereocenters. The van der Waals surface area contributed by atoms with Crippen molar-refractivity contribution in [2.24, 2.45) is 0 Å². The molecule has 3 aromatic rings. The van der Waals surface area contributed by atoms with Crippen molar-refractivity contribution < 1.29 is 27.4 Å². The first-order valence-electron chi connectivity index (χ1n) is 11.4. The Balaban J connectivity index is 1.51. The molecule has 2 aromatic carbocycles. The number of aromatic nitrogens is 1. The van der Waals surface area contributed by atoms with Gasteiger partial charge in [0.15, 0.2) is 0 Å². The summed E-state index contributed by atoms with van der Waals surface area (Å²) >= 11 is 0. The third kappa shape index (κ3) is 5.02. The Labute approximate surface area is 191 Å². The lowest BCUT2D eigenvalue weighted by Gasteiger charge is -2.15. The zero-order chi connectivity index (χ0) is 23.6. The molecule has 1 N–H and O–H groups in total. The number of ether oxygens (including phenoxy) is 2. The first-order valence-corrected chi connectivity index (χ1v) is 11.4.